The van der Waals surface area contributed by atoms with E-state index in [-0.39, 0.29) is 5.82 Å². The standard InChI is InChI=1S/C17H20FN5O2/c1-24-8-6-22(7-9-25-2)16-15-11-21-23(17(15)20-12-19-16)14-5-3-4-13(18)10-14/h3-5,10-12H,6-9H2,1-2H3. The molecule has 7 nitrogen and oxygen atoms in total. The van der Waals surface area contributed by atoms with Gasteiger partial charge in [0, 0.05) is 27.3 Å². The molecule has 3 aromatic rings. The lowest BCUT2D eigenvalue weighted by atomic mass is 10.3. The molecule has 0 aliphatic carbocycles. The highest BCUT2D eigenvalue weighted by atomic mass is 19.1. The van der Waals surface area contributed by atoms with Gasteiger partial charge in [0.2, 0.25) is 0 Å². The third-order valence-corrected chi connectivity index (χ3v) is 3.83. The van der Waals surface area contributed by atoms with Crippen molar-refractivity contribution in [1.29, 1.82) is 0 Å². The fourth-order valence-corrected chi connectivity index (χ4v) is 2.61. The van der Waals surface area contributed by atoms with Crippen LogP contribution in [-0.4, -0.2) is 60.3 Å². The molecule has 3 rings (SSSR count). The van der Waals surface area contributed by atoms with Crippen molar-refractivity contribution in [3.05, 3.63) is 42.6 Å². The molecule has 8 heteroatoms. The lowest BCUT2D eigenvalue weighted by molar-refractivity contribution is 0.190. The summed E-state index contributed by atoms with van der Waals surface area (Å²) in [7, 11) is 3.32. The molecule has 0 saturated carbocycles. The second-order valence-electron chi connectivity index (χ2n) is 5.44. The monoisotopic (exact) mass is 345 g/mol. The molecular weight excluding hydrogens is 325 g/mol. The van der Waals surface area contributed by atoms with E-state index in [1.807, 2.05) is 0 Å². The molecule has 132 valence electrons. The Labute approximate surface area is 145 Å². The summed E-state index contributed by atoms with van der Waals surface area (Å²) in [5, 5.41) is 5.16. The second kappa shape index (κ2) is 8.00. The molecule has 25 heavy (non-hydrogen) atoms. The molecule has 0 fully saturated rings. The van der Waals surface area contributed by atoms with Crippen molar-refractivity contribution in [2.24, 2.45) is 0 Å². The predicted molar refractivity (Wildman–Crippen MR) is 92.6 cm³/mol. The first-order chi connectivity index (χ1) is 12.2. The fourth-order valence-electron chi connectivity index (χ4n) is 2.61. The molecule has 0 radical (unpaired) electrons. The lowest BCUT2D eigenvalue weighted by Gasteiger charge is -2.23. The summed E-state index contributed by atoms with van der Waals surface area (Å²) in [6.45, 7) is 2.45. The van der Waals surface area contributed by atoms with Gasteiger partial charge in [-0.15, -0.1) is 0 Å². The van der Waals surface area contributed by atoms with Crippen molar-refractivity contribution < 1.29 is 13.9 Å². The van der Waals surface area contributed by atoms with Gasteiger partial charge >= 0.3 is 0 Å². The summed E-state index contributed by atoms with van der Waals surface area (Å²) in [6, 6.07) is 6.24. The number of hydrogen-bond donors (Lipinski definition) is 0. The van der Waals surface area contributed by atoms with Crippen LogP contribution in [-0.2, 0) is 9.47 Å². The van der Waals surface area contributed by atoms with Gasteiger partial charge in [-0.1, -0.05) is 6.07 Å². The number of nitrogens with zero attached hydrogens (tertiary/aromatic N) is 5. The van der Waals surface area contributed by atoms with Crippen molar-refractivity contribution in [3.8, 4) is 5.69 Å². The minimum Gasteiger partial charge on any atom is -0.383 e. The van der Waals surface area contributed by atoms with Gasteiger partial charge < -0.3 is 14.4 Å². The summed E-state index contributed by atoms with van der Waals surface area (Å²) in [6.07, 6.45) is 3.18. The number of fused-ring (bicyclic) bond motifs is 1. The normalized spacial score (nSPS) is 11.2. The number of methoxy groups -OCH3 is 2. The van der Waals surface area contributed by atoms with E-state index in [0.717, 1.165) is 11.2 Å². The van der Waals surface area contributed by atoms with E-state index >= 15 is 0 Å². The Morgan fingerprint density at radius 2 is 1.88 bits per heavy atom. The van der Waals surface area contributed by atoms with E-state index in [0.29, 0.717) is 37.6 Å². The van der Waals surface area contributed by atoms with Crippen LogP contribution >= 0.6 is 0 Å². The van der Waals surface area contributed by atoms with E-state index in [2.05, 4.69) is 20.0 Å². The first-order valence-electron chi connectivity index (χ1n) is 7.92. The quantitative estimate of drug-likeness (QED) is 0.623. The van der Waals surface area contributed by atoms with E-state index < -0.39 is 0 Å². The Morgan fingerprint density at radius 1 is 1.12 bits per heavy atom. The zero-order chi connectivity index (χ0) is 17.6. The Balaban J connectivity index is 2.02. The first kappa shape index (κ1) is 17.2. The van der Waals surface area contributed by atoms with Crippen LogP contribution in [0.1, 0.15) is 0 Å². The molecule has 0 unspecified atom stereocenters. The zero-order valence-corrected chi connectivity index (χ0v) is 14.2. The topological polar surface area (TPSA) is 65.3 Å². The minimum atomic E-state index is -0.322. The minimum absolute atomic E-state index is 0.322. The highest BCUT2D eigenvalue weighted by Crippen LogP contribution is 2.24. The van der Waals surface area contributed by atoms with Crippen LogP contribution in [0, 0.1) is 5.82 Å². The maximum Gasteiger partial charge on any atom is 0.168 e. The molecular formula is C17H20FN5O2. The van der Waals surface area contributed by atoms with Crippen LogP contribution in [0.3, 0.4) is 0 Å². The number of halogens is 1. The van der Waals surface area contributed by atoms with Crippen molar-refractivity contribution in [1.82, 2.24) is 19.7 Å². The first-order valence-corrected chi connectivity index (χ1v) is 7.92. The summed E-state index contributed by atoms with van der Waals surface area (Å²) in [5.74, 6) is 0.430. The van der Waals surface area contributed by atoms with Gasteiger partial charge in [-0.2, -0.15) is 5.10 Å². The molecule has 0 spiro atoms. The van der Waals surface area contributed by atoms with Crippen LogP contribution in [0.25, 0.3) is 16.7 Å². The Bertz CT molecular complexity index is 831. The van der Waals surface area contributed by atoms with E-state index in [9.17, 15) is 4.39 Å². The van der Waals surface area contributed by atoms with Crippen molar-refractivity contribution >= 4 is 16.9 Å². The molecule has 0 atom stereocenters. The van der Waals surface area contributed by atoms with Crippen LogP contribution < -0.4 is 4.90 Å². The van der Waals surface area contributed by atoms with Gasteiger partial charge in [0.25, 0.3) is 0 Å². The summed E-state index contributed by atoms with van der Waals surface area (Å²) >= 11 is 0. The lowest BCUT2D eigenvalue weighted by Crippen LogP contribution is -2.31. The maximum absolute atomic E-state index is 13.5. The number of anilines is 1. The number of benzene rings is 1. The summed E-state index contributed by atoms with van der Waals surface area (Å²) in [4.78, 5) is 10.8. The Morgan fingerprint density at radius 3 is 2.56 bits per heavy atom. The fraction of sp³-hybridized carbons (Fsp3) is 0.353. The predicted octanol–water partition coefficient (Wildman–Crippen LogP) is 2.05. The van der Waals surface area contributed by atoms with E-state index in [1.165, 1.54) is 18.5 Å². The van der Waals surface area contributed by atoms with Gasteiger partial charge in [-0.25, -0.2) is 19.0 Å². The zero-order valence-electron chi connectivity index (χ0n) is 14.2. The Hall–Kier alpha value is -2.58. The molecule has 2 aromatic heterocycles. The Kier molecular flexibility index (Phi) is 5.52. The number of aromatic nitrogens is 4. The van der Waals surface area contributed by atoms with Crippen LogP contribution in [0.2, 0.25) is 0 Å². The molecule has 0 amide bonds. The van der Waals surface area contributed by atoms with Crippen LogP contribution in [0.5, 0.6) is 0 Å². The molecule has 1 aromatic carbocycles. The average Bonchev–Trinajstić information content (AvgIpc) is 3.06. The highest BCUT2D eigenvalue weighted by Gasteiger charge is 2.16. The molecule has 0 N–H and O–H groups in total. The van der Waals surface area contributed by atoms with Crippen molar-refractivity contribution in [3.63, 3.8) is 0 Å². The second-order valence-corrected chi connectivity index (χ2v) is 5.44. The molecule has 0 saturated heterocycles. The summed E-state index contributed by atoms with van der Waals surface area (Å²) in [5.41, 5.74) is 1.23. The maximum atomic E-state index is 13.5. The third-order valence-electron chi connectivity index (χ3n) is 3.83. The van der Waals surface area contributed by atoms with Gasteiger partial charge in [0.15, 0.2) is 5.65 Å². The SMILES string of the molecule is COCCN(CCOC)c1ncnc2c1cnn2-c1cccc(F)c1. The van der Waals surface area contributed by atoms with Crippen LogP contribution in [0.4, 0.5) is 10.2 Å². The molecule has 0 aliphatic rings. The smallest absolute Gasteiger partial charge is 0.168 e. The van der Waals surface area contributed by atoms with Crippen molar-refractivity contribution in [2.45, 2.75) is 0 Å². The summed E-state index contributed by atoms with van der Waals surface area (Å²) < 4.78 is 25.5. The largest absolute Gasteiger partial charge is 0.383 e. The van der Waals surface area contributed by atoms with E-state index in [1.54, 1.807) is 37.2 Å². The van der Waals surface area contributed by atoms with E-state index in [4.69, 9.17) is 9.47 Å². The number of hydrogen-bond acceptors (Lipinski definition) is 6. The average molecular weight is 345 g/mol. The van der Waals surface area contributed by atoms with Gasteiger partial charge in [0.1, 0.15) is 18.0 Å². The highest BCUT2D eigenvalue weighted by molar-refractivity contribution is 5.87. The molecule has 0 aliphatic heterocycles. The molecule has 2 heterocycles. The number of rotatable bonds is 8. The third kappa shape index (κ3) is 3.75. The number of ether oxygens (including phenoxy) is 2. The van der Waals surface area contributed by atoms with Gasteiger partial charge in [-0.05, 0) is 18.2 Å². The van der Waals surface area contributed by atoms with Gasteiger partial charge in [0.05, 0.1) is 30.5 Å². The van der Waals surface area contributed by atoms with Crippen molar-refractivity contribution in [2.75, 3.05) is 45.4 Å². The van der Waals surface area contributed by atoms with Gasteiger partial charge in [-0.3, -0.25) is 0 Å². The van der Waals surface area contributed by atoms with Crippen LogP contribution in [0.15, 0.2) is 36.8 Å². The molecule has 0 bridgehead atoms.